The summed E-state index contributed by atoms with van der Waals surface area (Å²) in [4.78, 5) is 13.0. The maximum Gasteiger partial charge on any atom is 0.219 e. The average molecular weight is 355 g/mol. The van der Waals surface area contributed by atoms with E-state index in [1.807, 2.05) is 4.90 Å². The normalized spacial score (nSPS) is 26.3. The Bertz CT molecular complexity index is 672. The highest BCUT2D eigenvalue weighted by Crippen LogP contribution is 2.29. The number of sulfonamides is 1. The van der Waals surface area contributed by atoms with E-state index in [1.165, 1.54) is 16.4 Å². The Morgan fingerprint density at radius 1 is 1.00 bits per heavy atom. The predicted octanol–water partition coefficient (Wildman–Crippen LogP) is 2.36. The Morgan fingerprint density at radius 3 is 2.25 bits per heavy atom. The Balaban J connectivity index is 1.66. The van der Waals surface area contributed by atoms with E-state index in [0.29, 0.717) is 39.0 Å². The van der Waals surface area contributed by atoms with Gasteiger partial charge in [0.2, 0.25) is 10.0 Å². The fourth-order valence-electron chi connectivity index (χ4n) is 3.59. The maximum atomic E-state index is 13.0. The van der Waals surface area contributed by atoms with Gasteiger partial charge < -0.3 is 4.90 Å². The van der Waals surface area contributed by atoms with Crippen molar-refractivity contribution in [2.24, 2.45) is 5.18 Å². The summed E-state index contributed by atoms with van der Waals surface area (Å²) in [6.07, 6.45) is 2.76. The summed E-state index contributed by atoms with van der Waals surface area (Å²) >= 11 is 0. The molecule has 1 saturated heterocycles. The van der Waals surface area contributed by atoms with E-state index in [1.54, 1.807) is 12.1 Å². The van der Waals surface area contributed by atoms with Crippen molar-refractivity contribution < 1.29 is 12.8 Å². The van der Waals surface area contributed by atoms with E-state index in [4.69, 9.17) is 0 Å². The lowest BCUT2D eigenvalue weighted by molar-refractivity contribution is 0.356. The van der Waals surface area contributed by atoms with Gasteiger partial charge in [-0.05, 0) is 37.1 Å². The fraction of sp³-hybridized carbons (Fsp3) is 0.625. The number of hydrogen-bond donors (Lipinski definition) is 0. The van der Waals surface area contributed by atoms with Crippen LogP contribution >= 0.6 is 0 Å². The topological polar surface area (TPSA) is 70.0 Å². The molecule has 8 heteroatoms. The number of anilines is 1. The van der Waals surface area contributed by atoms with E-state index in [2.05, 4.69) is 5.18 Å². The molecule has 1 saturated carbocycles. The van der Waals surface area contributed by atoms with Crippen molar-refractivity contribution in [2.45, 2.75) is 37.0 Å². The van der Waals surface area contributed by atoms with Gasteiger partial charge in [-0.1, -0.05) is 18.0 Å². The summed E-state index contributed by atoms with van der Waals surface area (Å²) in [7, 11) is -3.51. The number of benzene rings is 1. The number of nitrogens with zero attached hydrogens (tertiary/aromatic N) is 3. The molecule has 3 rings (SSSR count). The van der Waals surface area contributed by atoms with Crippen LogP contribution in [0.15, 0.2) is 29.4 Å². The molecule has 1 aliphatic heterocycles. The van der Waals surface area contributed by atoms with Crippen LogP contribution in [0.25, 0.3) is 0 Å². The number of hydrogen-bond acceptors (Lipinski definition) is 5. The SMILES string of the molecule is O=NC1CCCCC1S(=O)(=O)N1CCN(c2ccc(F)cc2)CC1. The molecule has 1 aromatic rings. The molecule has 1 heterocycles. The third-order valence-corrected chi connectivity index (χ3v) is 7.38. The zero-order valence-corrected chi connectivity index (χ0v) is 14.3. The first-order chi connectivity index (χ1) is 11.5. The molecule has 1 aromatic carbocycles. The summed E-state index contributed by atoms with van der Waals surface area (Å²) < 4.78 is 40.2. The van der Waals surface area contributed by atoms with E-state index in [9.17, 15) is 17.7 Å². The zero-order chi connectivity index (χ0) is 17.2. The van der Waals surface area contributed by atoms with Crippen LogP contribution in [0.1, 0.15) is 25.7 Å². The van der Waals surface area contributed by atoms with E-state index < -0.39 is 21.3 Å². The number of nitroso groups, excluding NO2 is 1. The lowest BCUT2D eigenvalue weighted by Crippen LogP contribution is -2.53. The first-order valence-electron chi connectivity index (χ1n) is 8.34. The van der Waals surface area contributed by atoms with Gasteiger partial charge >= 0.3 is 0 Å². The van der Waals surface area contributed by atoms with Crippen molar-refractivity contribution in [3.63, 3.8) is 0 Å². The average Bonchev–Trinajstić information content (AvgIpc) is 2.62. The van der Waals surface area contributed by atoms with Crippen molar-refractivity contribution in [1.29, 1.82) is 0 Å². The highest BCUT2D eigenvalue weighted by molar-refractivity contribution is 7.89. The molecular formula is C16H22FN3O3S. The van der Waals surface area contributed by atoms with E-state index in [0.717, 1.165) is 18.5 Å². The van der Waals surface area contributed by atoms with Gasteiger partial charge in [0, 0.05) is 31.9 Å². The second-order valence-corrected chi connectivity index (χ2v) is 8.55. The van der Waals surface area contributed by atoms with Crippen LogP contribution in [-0.2, 0) is 10.0 Å². The number of piperazine rings is 1. The monoisotopic (exact) mass is 355 g/mol. The van der Waals surface area contributed by atoms with Crippen LogP contribution < -0.4 is 4.90 Å². The van der Waals surface area contributed by atoms with Crippen LogP contribution in [-0.4, -0.2) is 50.2 Å². The maximum absolute atomic E-state index is 13.0. The molecule has 0 bridgehead atoms. The van der Waals surface area contributed by atoms with E-state index >= 15 is 0 Å². The molecule has 6 nitrogen and oxygen atoms in total. The van der Waals surface area contributed by atoms with Crippen LogP contribution in [0.5, 0.6) is 0 Å². The molecule has 0 amide bonds. The number of rotatable bonds is 4. The van der Waals surface area contributed by atoms with Gasteiger partial charge in [0.25, 0.3) is 0 Å². The van der Waals surface area contributed by atoms with Crippen LogP contribution in [0.2, 0.25) is 0 Å². The molecule has 2 atom stereocenters. The van der Waals surface area contributed by atoms with Crippen molar-refractivity contribution in [1.82, 2.24) is 4.31 Å². The Morgan fingerprint density at radius 2 is 1.62 bits per heavy atom. The molecule has 1 aliphatic carbocycles. The Kier molecular flexibility index (Phi) is 5.15. The highest BCUT2D eigenvalue weighted by Gasteiger charge is 2.41. The third-order valence-electron chi connectivity index (χ3n) is 4.98. The first-order valence-corrected chi connectivity index (χ1v) is 9.84. The predicted molar refractivity (Wildman–Crippen MR) is 90.9 cm³/mol. The summed E-state index contributed by atoms with van der Waals surface area (Å²) in [5.41, 5.74) is 0.888. The van der Waals surface area contributed by atoms with E-state index in [-0.39, 0.29) is 5.82 Å². The minimum absolute atomic E-state index is 0.287. The lowest BCUT2D eigenvalue weighted by atomic mass is 9.96. The van der Waals surface area contributed by atoms with Gasteiger partial charge in [-0.25, -0.2) is 12.8 Å². The first kappa shape index (κ1) is 17.3. The highest BCUT2D eigenvalue weighted by atomic mass is 32.2. The van der Waals surface area contributed by atoms with Gasteiger partial charge in [0.1, 0.15) is 17.1 Å². The quantitative estimate of drug-likeness (QED) is 0.778. The van der Waals surface area contributed by atoms with Gasteiger partial charge in [0.05, 0.1) is 0 Å². The van der Waals surface area contributed by atoms with Crippen LogP contribution in [0.4, 0.5) is 10.1 Å². The smallest absolute Gasteiger partial charge is 0.219 e. The molecule has 0 spiro atoms. The van der Waals surface area contributed by atoms with Crippen LogP contribution in [0.3, 0.4) is 0 Å². The molecule has 24 heavy (non-hydrogen) atoms. The lowest BCUT2D eigenvalue weighted by Gasteiger charge is -2.38. The molecule has 0 N–H and O–H groups in total. The zero-order valence-electron chi connectivity index (χ0n) is 13.5. The standard InChI is InChI=1S/C16H22FN3O3S/c17-13-5-7-14(8-6-13)19-9-11-20(12-10-19)24(22,23)16-4-2-1-3-15(16)18-21/h5-8,15-16H,1-4,9-12H2. The van der Waals surface area contributed by atoms with Gasteiger partial charge in [-0.15, -0.1) is 0 Å². The minimum Gasteiger partial charge on any atom is -0.369 e. The van der Waals surface area contributed by atoms with Crippen molar-refractivity contribution in [2.75, 3.05) is 31.1 Å². The van der Waals surface area contributed by atoms with Crippen LogP contribution in [0, 0.1) is 10.7 Å². The summed E-state index contributed by atoms with van der Waals surface area (Å²) in [5, 5.41) is 2.38. The van der Waals surface area contributed by atoms with Gasteiger partial charge in [-0.3, -0.25) is 0 Å². The largest absolute Gasteiger partial charge is 0.369 e. The van der Waals surface area contributed by atoms with Gasteiger partial charge in [0.15, 0.2) is 0 Å². The molecule has 132 valence electrons. The molecule has 0 aromatic heterocycles. The molecule has 0 radical (unpaired) electrons. The second kappa shape index (κ2) is 7.14. The summed E-state index contributed by atoms with van der Waals surface area (Å²) in [6, 6.07) is 5.58. The fourth-order valence-corrected chi connectivity index (χ4v) is 5.69. The minimum atomic E-state index is -3.51. The number of halogens is 1. The second-order valence-electron chi connectivity index (χ2n) is 6.40. The molecule has 2 fully saturated rings. The Labute approximate surface area is 141 Å². The van der Waals surface area contributed by atoms with Crippen molar-refractivity contribution in [3.8, 4) is 0 Å². The molecule has 2 unspecified atom stereocenters. The van der Waals surface area contributed by atoms with Crippen molar-refractivity contribution >= 4 is 15.7 Å². The molecular weight excluding hydrogens is 333 g/mol. The van der Waals surface area contributed by atoms with Gasteiger partial charge in [-0.2, -0.15) is 9.21 Å². The summed E-state index contributed by atoms with van der Waals surface area (Å²) in [5.74, 6) is -0.287. The molecule has 2 aliphatic rings. The van der Waals surface area contributed by atoms with Crippen molar-refractivity contribution in [3.05, 3.63) is 35.0 Å². The summed E-state index contributed by atoms with van der Waals surface area (Å²) in [6.45, 7) is 1.86. The third kappa shape index (κ3) is 3.44. The Hall–Kier alpha value is -1.54.